The molecule has 8 heteroatoms. The SMILES string of the molecule is Cc1nccn1[C@H]1C[C@H]2CN(Cc3ccc(F)c(Cl)c3)C[C@H]2C[C@@H]1Oc1cnccn1. The summed E-state index contributed by atoms with van der Waals surface area (Å²) >= 11 is 5.98. The van der Waals surface area contributed by atoms with E-state index in [-0.39, 0.29) is 23.0 Å². The molecule has 2 aliphatic rings. The third-order valence-corrected chi connectivity index (χ3v) is 6.87. The van der Waals surface area contributed by atoms with Crippen molar-refractivity contribution in [1.82, 2.24) is 24.4 Å². The molecule has 0 amide bonds. The number of fused-ring (bicyclic) bond motifs is 1. The molecule has 0 radical (unpaired) electrons. The Morgan fingerprint density at radius 2 is 1.97 bits per heavy atom. The lowest BCUT2D eigenvalue weighted by Crippen LogP contribution is -2.40. The molecule has 0 N–H and O–H groups in total. The van der Waals surface area contributed by atoms with Crippen LogP contribution in [0.3, 0.4) is 0 Å². The van der Waals surface area contributed by atoms with Gasteiger partial charge in [-0.25, -0.2) is 14.4 Å². The zero-order valence-corrected chi connectivity index (χ0v) is 18.1. The molecule has 1 aliphatic heterocycles. The van der Waals surface area contributed by atoms with Crippen LogP contribution in [0.15, 0.2) is 49.2 Å². The smallest absolute Gasteiger partial charge is 0.232 e. The topological polar surface area (TPSA) is 56.1 Å². The second kappa shape index (κ2) is 8.55. The van der Waals surface area contributed by atoms with Gasteiger partial charge in [0.05, 0.1) is 17.3 Å². The van der Waals surface area contributed by atoms with Crippen molar-refractivity contribution in [3.63, 3.8) is 0 Å². The number of aryl methyl sites for hydroxylation is 1. The Labute approximate surface area is 186 Å². The van der Waals surface area contributed by atoms with Gasteiger partial charge in [0.2, 0.25) is 5.88 Å². The third kappa shape index (κ3) is 4.29. The van der Waals surface area contributed by atoms with Crippen LogP contribution in [0.25, 0.3) is 0 Å². The highest BCUT2D eigenvalue weighted by Gasteiger charge is 2.44. The number of hydrogen-bond donors (Lipinski definition) is 0. The Morgan fingerprint density at radius 1 is 1.13 bits per heavy atom. The monoisotopic (exact) mass is 441 g/mol. The van der Waals surface area contributed by atoms with Gasteiger partial charge in [-0.3, -0.25) is 9.88 Å². The van der Waals surface area contributed by atoms with E-state index in [4.69, 9.17) is 16.3 Å². The van der Waals surface area contributed by atoms with Crippen molar-refractivity contribution in [3.8, 4) is 5.88 Å². The first-order valence-corrected chi connectivity index (χ1v) is 11.0. The van der Waals surface area contributed by atoms with Gasteiger partial charge >= 0.3 is 0 Å². The number of rotatable bonds is 5. The fraction of sp³-hybridized carbons (Fsp3) is 0.435. The molecule has 2 aromatic heterocycles. The van der Waals surface area contributed by atoms with Gasteiger partial charge in [0.1, 0.15) is 17.7 Å². The number of halogens is 2. The number of ether oxygens (including phenoxy) is 1. The highest BCUT2D eigenvalue weighted by molar-refractivity contribution is 6.30. The van der Waals surface area contributed by atoms with E-state index in [9.17, 15) is 4.39 Å². The number of aromatic nitrogens is 4. The van der Waals surface area contributed by atoms with Crippen LogP contribution < -0.4 is 4.74 Å². The van der Waals surface area contributed by atoms with Crippen LogP contribution in [0.4, 0.5) is 4.39 Å². The average Bonchev–Trinajstić information content (AvgIpc) is 3.36. The van der Waals surface area contributed by atoms with E-state index in [2.05, 4.69) is 24.4 Å². The maximum absolute atomic E-state index is 13.5. The molecular formula is C23H25ClFN5O. The molecular weight excluding hydrogens is 417 g/mol. The van der Waals surface area contributed by atoms with Gasteiger partial charge in [0.25, 0.3) is 0 Å². The Morgan fingerprint density at radius 3 is 2.68 bits per heavy atom. The van der Waals surface area contributed by atoms with Crippen LogP contribution in [-0.4, -0.2) is 43.6 Å². The average molecular weight is 442 g/mol. The zero-order valence-electron chi connectivity index (χ0n) is 17.4. The summed E-state index contributed by atoms with van der Waals surface area (Å²) in [4.78, 5) is 15.3. The molecule has 4 atom stereocenters. The van der Waals surface area contributed by atoms with Gasteiger partial charge in [-0.05, 0) is 49.3 Å². The fourth-order valence-corrected chi connectivity index (χ4v) is 5.37. The van der Waals surface area contributed by atoms with Crippen LogP contribution in [0.2, 0.25) is 5.02 Å². The van der Waals surface area contributed by atoms with E-state index >= 15 is 0 Å². The van der Waals surface area contributed by atoms with Crippen molar-refractivity contribution in [2.75, 3.05) is 13.1 Å². The Hall–Kier alpha value is -2.51. The minimum Gasteiger partial charge on any atom is -0.471 e. The predicted octanol–water partition coefficient (Wildman–Crippen LogP) is 4.30. The summed E-state index contributed by atoms with van der Waals surface area (Å²) in [7, 11) is 0. The summed E-state index contributed by atoms with van der Waals surface area (Å²) in [6, 6.07) is 5.20. The second-order valence-electron chi connectivity index (χ2n) is 8.58. The molecule has 31 heavy (non-hydrogen) atoms. The number of likely N-dealkylation sites (tertiary alicyclic amines) is 1. The normalized spacial score (nSPS) is 26.0. The Kier molecular flexibility index (Phi) is 5.63. The predicted molar refractivity (Wildman–Crippen MR) is 115 cm³/mol. The maximum Gasteiger partial charge on any atom is 0.232 e. The fourth-order valence-electron chi connectivity index (χ4n) is 5.17. The minimum absolute atomic E-state index is 0.00562. The highest BCUT2D eigenvalue weighted by atomic mass is 35.5. The lowest BCUT2D eigenvalue weighted by Gasteiger charge is -2.38. The van der Waals surface area contributed by atoms with E-state index in [1.165, 1.54) is 6.07 Å². The third-order valence-electron chi connectivity index (χ3n) is 6.58. The number of benzene rings is 1. The molecule has 1 saturated heterocycles. The van der Waals surface area contributed by atoms with Crippen LogP contribution in [0.1, 0.15) is 30.3 Å². The molecule has 3 heterocycles. The summed E-state index contributed by atoms with van der Waals surface area (Å²) in [5.41, 5.74) is 1.04. The van der Waals surface area contributed by atoms with E-state index in [0.717, 1.165) is 43.9 Å². The van der Waals surface area contributed by atoms with Crippen LogP contribution in [0, 0.1) is 24.6 Å². The first-order chi connectivity index (χ1) is 15.1. The van der Waals surface area contributed by atoms with Crippen LogP contribution in [0.5, 0.6) is 5.88 Å². The highest BCUT2D eigenvalue weighted by Crippen LogP contribution is 2.43. The second-order valence-corrected chi connectivity index (χ2v) is 8.99. The zero-order chi connectivity index (χ0) is 21.4. The molecule has 1 saturated carbocycles. The molecule has 0 unspecified atom stereocenters. The summed E-state index contributed by atoms with van der Waals surface area (Å²) in [5, 5.41) is 0.183. The molecule has 2 fully saturated rings. The van der Waals surface area contributed by atoms with Crippen molar-refractivity contribution in [1.29, 1.82) is 0 Å². The first-order valence-electron chi connectivity index (χ1n) is 10.6. The maximum atomic E-state index is 13.5. The van der Waals surface area contributed by atoms with Gasteiger partial charge in [-0.1, -0.05) is 17.7 Å². The van der Waals surface area contributed by atoms with Crippen molar-refractivity contribution in [3.05, 3.63) is 71.4 Å². The summed E-state index contributed by atoms with van der Waals surface area (Å²) in [5.74, 6) is 2.29. The van der Waals surface area contributed by atoms with Crippen molar-refractivity contribution < 1.29 is 9.13 Å². The van der Waals surface area contributed by atoms with E-state index in [0.29, 0.717) is 17.7 Å². The number of imidazole rings is 1. The Bertz CT molecular complexity index is 1050. The quantitative estimate of drug-likeness (QED) is 0.590. The van der Waals surface area contributed by atoms with Gasteiger partial charge in [-0.2, -0.15) is 0 Å². The Balaban J connectivity index is 1.34. The van der Waals surface area contributed by atoms with Gasteiger partial charge in [0, 0.05) is 44.4 Å². The molecule has 162 valence electrons. The summed E-state index contributed by atoms with van der Waals surface area (Å²) < 4.78 is 22.1. The van der Waals surface area contributed by atoms with E-state index in [1.807, 2.05) is 25.4 Å². The van der Waals surface area contributed by atoms with Crippen molar-refractivity contribution >= 4 is 11.6 Å². The van der Waals surface area contributed by atoms with Crippen LogP contribution in [-0.2, 0) is 6.54 Å². The summed E-state index contributed by atoms with van der Waals surface area (Å²) in [6.07, 6.45) is 10.8. The molecule has 1 aromatic carbocycles. The van der Waals surface area contributed by atoms with Gasteiger partial charge < -0.3 is 9.30 Å². The lowest BCUT2D eigenvalue weighted by molar-refractivity contribution is 0.0501. The largest absolute Gasteiger partial charge is 0.471 e. The lowest BCUT2D eigenvalue weighted by atomic mass is 9.77. The molecule has 0 spiro atoms. The summed E-state index contributed by atoms with van der Waals surface area (Å²) in [6.45, 7) is 4.82. The van der Waals surface area contributed by atoms with E-state index < -0.39 is 0 Å². The van der Waals surface area contributed by atoms with Crippen molar-refractivity contribution in [2.24, 2.45) is 11.8 Å². The van der Waals surface area contributed by atoms with Crippen LogP contribution >= 0.6 is 11.6 Å². The molecule has 5 rings (SSSR count). The van der Waals surface area contributed by atoms with Gasteiger partial charge in [-0.15, -0.1) is 0 Å². The molecule has 6 nitrogen and oxygen atoms in total. The molecule has 1 aliphatic carbocycles. The van der Waals surface area contributed by atoms with E-state index in [1.54, 1.807) is 24.7 Å². The van der Waals surface area contributed by atoms with Crippen molar-refractivity contribution in [2.45, 2.75) is 38.5 Å². The number of nitrogens with zero attached hydrogens (tertiary/aromatic N) is 5. The van der Waals surface area contributed by atoms with Gasteiger partial charge in [0.15, 0.2) is 0 Å². The molecule has 0 bridgehead atoms. The standard InChI is InChI=1S/C23H25ClFN5O/c1-15-27-6-7-30(15)21-9-17-13-29(12-16-2-3-20(25)19(24)8-16)14-18(17)10-22(21)31-23-11-26-4-5-28-23/h2-8,11,17-18,21-22H,9-10,12-14H2,1H3/t17-,18+,21-,22-/m0/s1. The number of hydrogen-bond acceptors (Lipinski definition) is 5. The first kappa shape index (κ1) is 20.4. The molecule has 3 aromatic rings. The minimum atomic E-state index is -0.372.